The van der Waals surface area contributed by atoms with Crippen LogP contribution in [0.25, 0.3) is 0 Å². The van der Waals surface area contributed by atoms with Crippen molar-refractivity contribution in [1.82, 2.24) is 4.90 Å². The van der Waals surface area contributed by atoms with Crippen molar-refractivity contribution in [1.29, 1.82) is 0 Å². The Balaban J connectivity index is 1.74. The number of primary amides is 1. The number of rotatable bonds is 4. The highest BCUT2D eigenvalue weighted by Crippen LogP contribution is 2.29. The lowest BCUT2D eigenvalue weighted by molar-refractivity contribution is 0.0997. The van der Waals surface area contributed by atoms with Crippen molar-refractivity contribution in [3.05, 3.63) is 23.8 Å². The number of hydrogen-bond donors (Lipinski definition) is 1. The van der Waals surface area contributed by atoms with Crippen LogP contribution in [0.1, 0.15) is 29.6 Å². The maximum atomic E-state index is 11.4. The highest BCUT2D eigenvalue weighted by atomic mass is 16.5. The summed E-state index contributed by atoms with van der Waals surface area (Å²) >= 11 is 0. The summed E-state index contributed by atoms with van der Waals surface area (Å²) in [7, 11) is 1.57. The molecule has 2 N–H and O–H groups in total. The van der Waals surface area contributed by atoms with Crippen LogP contribution in [-0.4, -0.2) is 50.1 Å². The smallest absolute Gasteiger partial charge is 0.252 e. The molecule has 2 saturated heterocycles. The lowest BCUT2D eigenvalue weighted by atomic mass is 10.1. The molecule has 1 aromatic rings. The first-order valence-corrected chi connectivity index (χ1v) is 7.66. The molecule has 0 unspecified atom stereocenters. The van der Waals surface area contributed by atoms with E-state index in [9.17, 15) is 4.79 Å². The van der Waals surface area contributed by atoms with E-state index < -0.39 is 5.91 Å². The summed E-state index contributed by atoms with van der Waals surface area (Å²) in [6.07, 6.45) is 3.87. The van der Waals surface area contributed by atoms with Crippen LogP contribution in [0.3, 0.4) is 0 Å². The molecule has 114 valence electrons. The average Bonchev–Trinajstić information content (AvgIpc) is 3.17. The third-order valence-electron chi connectivity index (χ3n) is 4.64. The molecule has 2 fully saturated rings. The molecule has 21 heavy (non-hydrogen) atoms. The normalized spacial score (nSPS) is 22.7. The van der Waals surface area contributed by atoms with E-state index in [0.29, 0.717) is 17.4 Å². The predicted octanol–water partition coefficient (Wildman–Crippen LogP) is 1.47. The van der Waals surface area contributed by atoms with Crippen molar-refractivity contribution in [2.24, 2.45) is 5.73 Å². The Labute approximate surface area is 125 Å². The zero-order valence-corrected chi connectivity index (χ0v) is 12.5. The minimum Gasteiger partial charge on any atom is -0.496 e. The summed E-state index contributed by atoms with van der Waals surface area (Å²) in [5, 5.41) is 0. The number of hydrogen-bond acceptors (Lipinski definition) is 4. The molecule has 5 nitrogen and oxygen atoms in total. The zero-order valence-electron chi connectivity index (χ0n) is 12.5. The van der Waals surface area contributed by atoms with Crippen LogP contribution in [0, 0.1) is 0 Å². The quantitative estimate of drug-likeness (QED) is 0.912. The fourth-order valence-corrected chi connectivity index (χ4v) is 3.46. The van der Waals surface area contributed by atoms with Crippen molar-refractivity contribution < 1.29 is 9.53 Å². The molecule has 1 aromatic carbocycles. The Morgan fingerprint density at radius 1 is 1.29 bits per heavy atom. The summed E-state index contributed by atoms with van der Waals surface area (Å²) in [6, 6.07) is 6.32. The first-order chi connectivity index (χ1) is 10.2. The molecule has 5 heteroatoms. The number of methoxy groups -OCH3 is 1. The van der Waals surface area contributed by atoms with E-state index in [2.05, 4.69) is 9.80 Å². The topological polar surface area (TPSA) is 58.8 Å². The minimum absolute atomic E-state index is 0.441. The lowest BCUT2D eigenvalue weighted by Gasteiger charge is -2.24. The van der Waals surface area contributed by atoms with Gasteiger partial charge in [-0.15, -0.1) is 0 Å². The van der Waals surface area contributed by atoms with E-state index in [1.54, 1.807) is 13.2 Å². The van der Waals surface area contributed by atoms with E-state index in [-0.39, 0.29) is 0 Å². The second kappa shape index (κ2) is 5.93. The number of ether oxygens (including phenoxy) is 1. The molecule has 3 rings (SSSR count). The van der Waals surface area contributed by atoms with E-state index in [0.717, 1.165) is 18.8 Å². The van der Waals surface area contributed by atoms with Crippen LogP contribution in [0.5, 0.6) is 5.75 Å². The Kier molecular flexibility index (Phi) is 4.01. The first kappa shape index (κ1) is 14.2. The van der Waals surface area contributed by atoms with Gasteiger partial charge in [0, 0.05) is 30.9 Å². The van der Waals surface area contributed by atoms with Crippen molar-refractivity contribution in [3.8, 4) is 5.75 Å². The fourth-order valence-electron chi connectivity index (χ4n) is 3.46. The van der Waals surface area contributed by atoms with Gasteiger partial charge in [-0.1, -0.05) is 0 Å². The number of anilines is 1. The molecular weight excluding hydrogens is 266 g/mol. The number of likely N-dealkylation sites (tertiary alicyclic amines) is 1. The third-order valence-corrected chi connectivity index (χ3v) is 4.64. The monoisotopic (exact) mass is 289 g/mol. The predicted molar refractivity (Wildman–Crippen MR) is 82.9 cm³/mol. The summed E-state index contributed by atoms with van der Waals surface area (Å²) < 4.78 is 5.30. The van der Waals surface area contributed by atoms with Crippen LogP contribution >= 0.6 is 0 Å². The standard InChI is InChI=1S/C16H23N3O2/c1-21-15-10-12(4-5-14(15)16(17)20)19-9-6-13(11-19)18-7-2-3-8-18/h4-5,10,13H,2-3,6-9,11H2,1H3,(H2,17,20)/t13-/m1/s1. The molecule has 2 heterocycles. The average molecular weight is 289 g/mol. The van der Waals surface area contributed by atoms with Crippen molar-refractivity contribution in [2.45, 2.75) is 25.3 Å². The summed E-state index contributed by atoms with van der Waals surface area (Å²) in [6.45, 7) is 4.59. The van der Waals surface area contributed by atoms with Gasteiger partial charge in [0.2, 0.25) is 0 Å². The third kappa shape index (κ3) is 2.83. The zero-order chi connectivity index (χ0) is 14.8. The van der Waals surface area contributed by atoms with Gasteiger partial charge in [-0.2, -0.15) is 0 Å². The van der Waals surface area contributed by atoms with Gasteiger partial charge in [0.05, 0.1) is 12.7 Å². The van der Waals surface area contributed by atoms with Gasteiger partial charge < -0.3 is 15.4 Å². The van der Waals surface area contributed by atoms with Crippen LogP contribution in [-0.2, 0) is 0 Å². The lowest BCUT2D eigenvalue weighted by Crippen LogP contribution is -2.35. The number of amides is 1. The molecule has 0 saturated carbocycles. The number of nitrogens with zero attached hydrogens (tertiary/aromatic N) is 2. The van der Waals surface area contributed by atoms with Crippen molar-refractivity contribution in [3.63, 3.8) is 0 Å². The molecule has 0 aromatic heterocycles. The molecular formula is C16H23N3O2. The minimum atomic E-state index is -0.449. The molecule has 0 radical (unpaired) electrons. The molecule has 0 aliphatic carbocycles. The van der Waals surface area contributed by atoms with Gasteiger partial charge in [-0.05, 0) is 44.5 Å². The second-order valence-electron chi connectivity index (χ2n) is 5.88. The van der Waals surface area contributed by atoms with Crippen molar-refractivity contribution >= 4 is 11.6 Å². The molecule has 2 aliphatic heterocycles. The largest absolute Gasteiger partial charge is 0.496 e. The highest BCUT2D eigenvalue weighted by molar-refractivity contribution is 5.96. The summed E-state index contributed by atoms with van der Waals surface area (Å²) in [5.41, 5.74) is 6.91. The van der Waals surface area contributed by atoms with E-state index in [1.807, 2.05) is 12.1 Å². The Bertz CT molecular complexity index is 526. The number of benzene rings is 1. The van der Waals surface area contributed by atoms with E-state index in [4.69, 9.17) is 10.5 Å². The molecule has 1 atom stereocenters. The SMILES string of the molecule is COc1cc(N2CC[C@@H](N3CCCC3)C2)ccc1C(N)=O. The first-order valence-electron chi connectivity index (χ1n) is 7.66. The fraction of sp³-hybridized carbons (Fsp3) is 0.562. The van der Waals surface area contributed by atoms with Crippen LogP contribution < -0.4 is 15.4 Å². The molecule has 1 amide bonds. The number of nitrogens with two attached hydrogens (primary N) is 1. The van der Waals surface area contributed by atoms with Crippen LogP contribution in [0.2, 0.25) is 0 Å². The summed E-state index contributed by atoms with van der Waals surface area (Å²) in [4.78, 5) is 16.3. The van der Waals surface area contributed by atoms with Gasteiger partial charge in [-0.3, -0.25) is 9.69 Å². The maximum Gasteiger partial charge on any atom is 0.252 e. The van der Waals surface area contributed by atoms with E-state index in [1.165, 1.54) is 32.4 Å². The highest BCUT2D eigenvalue weighted by Gasteiger charge is 2.29. The maximum absolute atomic E-state index is 11.4. The van der Waals surface area contributed by atoms with Crippen LogP contribution in [0.15, 0.2) is 18.2 Å². The van der Waals surface area contributed by atoms with Gasteiger partial charge in [0.25, 0.3) is 5.91 Å². The van der Waals surface area contributed by atoms with Gasteiger partial charge in [-0.25, -0.2) is 0 Å². The Hall–Kier alpha value is -1.75. The molecule has 2 aliphatic rings. The van der Waals surface area contributed by atoms with E-state index >= 15 is 0 Å². The number of carbonyl (C=O) groups is 1. The van der Waals surface area contributed by atoms with Gasteiger partial charge in [0.1, 0.15) is 5.75 Å². The molecule has 0 bridgehead atoms. The van der Waals surface area contributed by atoms with Gasteiger partial charge >= 0.3 is 0 Å². The summed E-state index contributed by atoms with van der Waals surface area (Å²) in [5.74, 6) is 0.111. The Morgan fingerprint density at radius 3 is 2.71 bits per heavy atom. The van der Waals surface area contributed by atoms with Crippen molar-refractivity contribution in [2.75, 3.05) is 38.2 Å². The van der Waals surface area contributed by atoms with Gasteiger partial charge in [0.15, 0.2) is 0 Å². The Morgan fingerprint density at radius 2 is 2.05 bits per heavy atom. The van der Waals surface area contributed by atoms with Crippen LogP contribution in [0.4, 0.5) is 5.69 Å². The number of carbonyl (C=O) groups excluding carboxylic acids is 1. The second-order valence-corrected chi connectivity index (χ2v) is 5.88. The molecule has 0 spiro atoms.